The highest BCUT2D eigenvalue weighted by molar-refractivity contribution is 7.99. The minimum atomic E-state index is -6.12. The summed E-state index contributed by atoms with van der Waals surface area (Å²) in [6.07, 6.45) is 1.48. The van der Waals surface area contributed by atoms with Crippen LogP contribution in [0.1, 0.15) is 68.5 Å². The Hall–Kier alpha value is -5.35. The number of sulfonamides is 1. The molecule has 2 aliphatic heterocycles. The number of alkyl halides is 3. The van der Waals surface area contributed by atoms with E-state index in [9.17, 15) is 44.7 Å². The van der Waals surface area contributed by atoms with Crippen LogP contribution in [0.3, 0.4) is 0 Å². The quantitative estimate of drug-likeness (QED) is 0.0631. The van der Waals surface area contributed by atoms with Gasteiger partial charge in [-0.25, -0.2) is 26.4 Å². The summed E-state index contributed by atoms with van der Waals surface area (Å²) in [4.78, 5) is 32.8. The second-order valence-electron chi connectivity index (χ2n) is 20.2. The summed E-state index contributed by atoms with van der Waals surface area (Å²) in [5.41, 5.74) is -3.40. The topological polar surface area (TPSA) is 169 Å². The molecular weight excluding hydrogens is 1060 g/mol. The molecule has 2 saturated heterocycles. The molecule has 3 N–H and O–H groups in total. The number of ether oxygens (including phenoxy) is 1. The summed E-state index contributed by atoms with van der Waals surface area (Å²) in [6.45, 7) is 11.2. The minimum Gasteiger partial charge on any atom is -0.444 e. The fraction of sp³-hybridized carbons (Fsp3) is 0.418. The van der Waals surface area contributed by atoms with Gasteiger partial charge in [-0.1, -0.05) is 66.2 Å². The number of anilines is 2. The predicted octanol–water partition coefficient (Wildman–Crippen LogP) is 10.2. The van der Waals surface area contributed by atoms with Crippen molar-refractivity contribution in [1.29, 1.82) is 0 Å². The smallest absolute Gasteiger partial charge is 0.444 e. The molecule has 0 aliphatic carbocycles. The number of carbonyl (C=O) groups excluding carboxylic acids is 2. The number of piperidine rings is 1. The van der Waals surface area contributed by atoms with Gasteiger partial charge in [0, 0.05) is 72.2 Å². The molecule has 0 saturated carbocycles. The Morgan fingerprint density at radius 3 is 2.12 bits per heavy atom. The number of hydrogen-bond acceptors (Lipinski definition) is 13. The molecule has 2 heterocycles. The molecule has 2 atom stereocenters. The summed E-state index contributed by atoms with van der Waals surface area (Å²) in [6, 6.07) is 32.5. The van der Waals surface area contributed by atoms with Crippen molar-refractivity contribution >= 4 is 66.6 Å². The van der Waals surface area contributed by atoms with Gasteiger partial charge in [0.2, 0.25) is 0 Å². The molecule has 5 aromatic rings. The number of rotatable bonds is 20. The third-order valence-electron chi connectivity index (χ3n) is 13.5. The van der Waals surface area contributed by atoms with Gasteiger partial charge in [-0.05, 0) is 162 Å². The Labute approximate surface area is 453 Å². The lowest BCUT2D eigenvalue weighted by atomic mass is 9.84. The van der Waals surface area contributed by atoms with E-state index in [4.69, 9.17) is 16.3 Å². The van der Waals surface area contributed by atoms with Crippen LogP contribution in [0, 0.1) is 5.92 Å². The number of benzene rings is 5. The Bertz CT molecular complexity index is 2970. The molecule has 0 bridgehead atoms. The minimum absolute atomic E-state index is 0.0286. The Balaban J connectivity index is 0.978. The van der Waals surface area contributed by atoms with Crippen molar-refractivity contribution in [3.05, 3.63) is 137 Å². The number of carbonyl (C=O) groups is 2. The zero-order valence-electron chi connectivity index (χ0n) is 43.0. The molecule has 0 spiro atoms. The van der Waals surface area contributed by atoms with E-state index >= 15 is 0 Å². The van der Waals surface area contributed by atoms with Gasteiger partial charge in [0.25, 0.3) is 25.8 Å². The highest BCUT2D eigenvalue weighted by atomic mass is 35.5. The summed E-state index contributed by atoms with van der Waals surface area (Å²) >= 11 is 7.54. The van der Waals surface area contributed by atoms with Gasteiger partial charge in [0.05, 0.1) is 16.7 Å². The van der Waals surface area contributed by atoms with E-state index in [0.29, 0.717) is 88.5 Å². The largest absolute Gasteiger partial charge is 0.501 e. The number of nitrogens with one attached hydrogen (secondary N) is 2. The van der Waals surface area contributed by atoms with Gasteiger partial charge in [0.15, 0.2) is 0 Å². The predicted molar refractivity (Wildman–Crippen MR) is 293 cm³/mol. The number of hydrogen-bond donors (Lipinski definition) is 3. The summed E-state index contributed by atoms with van der Waals surface area (Å²) < 4.78 is 104. The van der Waals surface area contributed by atoms with Gasteiger partial charge in [0.1, 0.15) is 10.5 Å². The van der Waals surface area contributed by atoms with Crippen LogP contribution < -0.4 is 14.9 Å². The van der Waals surface area contributed by atoms with E-state index in [1.54, 1.807) is 17.0 Å². The molecular formula is C55H66ClF3N6O8S3. The first-order valence-electron chi connectivity index (χ1n) is 25.2. The lowest BCUT2D eigenvalue weighted by Crippen LogP contribution is -2.50. The van der Waals surface area contributed by atoms with E-state index in [1.165, 1.54) is 23.9 Å². The maximum absolute atomic E-state index is 14.4. The van der Waals surface area contributed by atoms with Crippen LogP contribution >= 0.6 is 23.4 Å². The number of nitrogens with zero attached hydrogens (tertiary/aromatic N) is 4. The molecule has 14 nitrogen and oxygen atoms in total. The number of aliphatic hydroxyl groups excluding tert-OH is 1. The van der Waals surface area contributed by atoms with Crippen molar-refractivity contribution in [2.45, 2.75) is 84.4 Å². The van der Waals surface area contributed by atoms with Crippen LogP contribution in [0.5, 0.6) is 0 Å². The molecule has 0 radical (unpaired) electrons. The Kier molecular flexibility index (Phi) is 19.5. The number of piperazine rings is 1. The summed E-state index contributed by atoms with van der Waals surface area (Å²) in [7, 11) is -9.10. The lowest BCUT2D eigenvalue weighted by Gasteiger charge is -2.36. The van der Waals surface area contributed by atoms with Gasteiger partial charge in [-0.15, -0.1) is 11.8 Å². The van der Waals surface area contributed by atoms with Gasteiger partial charge < -0.3 is 29.9 Å². The normalized spacial score (nSPS) is 16.1. The molecule has 2 amide bonds. The third-order valence-corrected chi connectivity index (χ3v) is 17.7. The molecule has 2 aliphatic rings. The highest BCUT2D eigenvalue weighted by Crippen LogP contribution is 2.39. The van der Waals surface area contributed by atoms with Gasteiger partial charge >= 0.3 is 11.6 Å². The second kappa shape index (κ2) is 25.4. The number of amides is 2. The first kappa shape index (κ1) is 58.3. The van der Waals surface area contributed by atoms with Crippen molar-refractivity contribution < 1.29 is 49.4 Å². The lowest BCUT2D eigenvalue weighted by molar-refractivity contribution is -0.0436. The van der Waals surface area contributed by atoms with Crippen LogP contribution in [0.2, 0.25) is 5.02 Å². The Morgan fingerprint density at radius 1 is 0.829 bits per heavy atom. The van der Waals surface area contributed by atoms with Crippen LogP contribution in [0.4, 0.5) is 29.3 Å². The van der Waals surface area contributed by atoms with Crippen LogP contribution in [0.15, 0.2) is 136 Å². The fourth-order valence-electron chi connectivity index (χ4n) is 9.24. The van der Waals surface area contributed by atoms with Gasteiger partial charge in [-0.3, -0.25) is 9.69 Å². The van der Waals surface area contributed by atoms with Gasteiger partial charge in [-0.2, -0.15) is 13.2 Å². The molecule has 0 aromatic heterocycles. The van der Waals surface area contributed by atoms with E-state index in [1.807, 2.05) is 111 Å². The number of aliphatic hydroxyl groups is 1. The maximum atomic E-state index is 14.4. The highest BCUT2D eigenvalue weighted by Gasteiger charge is 2.48. The first-order valence-corrected chi connectivity index (χ1v) is 29.5. The monoisotopic (exact) mass is 1130 g/mol. The van der Waals surface area contributed by atoms with E-state index in [-0.39, 0.29) is 17.6 Å². The Morgan fingerprint density at radius 2 is 1.47 bits per heavy atom. The average Bonchev–Trinajstić information content (AvgIpc) is 3.39. The summed E-state index contributed by atoms with van der Waals surface area (Å²) in [5.74, 6) is -0.778. The number of halogens is 4. The van der Waals surface area contributed by atoms with Crippen molar-refractivity contribution in [2.24, 2.45) is 5.92 Å². The van der Waals surface area contributed by atoms with Crippen LogP contribution in [-0.4, -0.2) is 137 Å². The molecule has 76 heavy (non-hydrogen) atoms. The molecule has 2 fully saturated rings. The maximum Gasteiger partial charge on any atom is 0.501 e. The molecule has 5 aromatic carbocycles. The van der Waals surface area contributed by atoms with Crippen molar-refractivity contribution in [2.75, 3.05) is 81.9 Å². The summed E-state index contributed by atoms with van der Waals surface area (Å²) in [5, 5.41) is 15.2. The van der Waals surface area contributed by atoms with E-state index in [0.717, 1.165) is 52.4 Å². The standard InChI is InChI=1S/C55H66ClF3N6O8S3/c1-54(2,3)73-53(68)65-35-33-63(34-36-65)29-10-28-62(4)30-27-43(38-74-45-11-6-5-7-12-45)60-49-24-23-46(37-50(49)75(69,70)55(57,58)59)76(71,72)61-52(67)41-17-21-44(22-18-41)64-31-25-40(26-32-64)51(66)48-14-9-8-13-47(48)39-15-19-42(56)20-16-39/h5-9,11-24,37,40,43,51,60,66H,10,25-36,38H2,1-4H3,(H,61,67)/t43?,51-/m0/s1. The van der Waals surface area contributed by atoms with Crippen molar-refractivity contribution in [1.82, 2.24) is 19.4 Å². The zero-order valence-corrected chi connectivity index (χ0v) is 46.2. The van der Waals surface area contributed by atoms with Crippen molar-refractivity contribution in [3.63, 3.8) is 0 Å². The van der Waals surface area contributed by atoms with Crippen LogP contribution in [-0.2, 0) is 24.6 Å². The van der Waals surface area contributed by atoms with E-state index in [2.05, 4.69) is 20.0 Å². The fourth-order valence-corrected chi connectivity index (χ4v) is 12.4. The number of thioether (sulfide) groups is 1. The van der Waals surface area contributed by atoms with E-state index < -0.39 is 64.5 Å². The SMILES string of the molecule is CN(CCCN1CCN(C(=O)OC(C)(C)C)CC1)CCC(CSc1ccccc1)Nc1ccc(S(=O)(=O)NC(=O)c2ccc(N3CCC([C@H](O)c4ccccc4-c4ccc(Cl)cc4)CC3)cc2)cc1S(=O)(=O)C(F)(F)F. The first-order chi connectivity index (χ1) is 36.0. The molecule has 1 unspecified atom stereocenters. The van der Waals surface area contributed by atoms with Crippen LogP contribution in [0.25, 0.3) is 11.1 Å². The molecule has 410 valence electrons. The number of sulfone groups is 1. The molecule has 21 heteroatoms. The second-order valence-corrected chi connectivity index (χ2v) is 25.3. The zero-order chi connectivity index (χ0) is 54.8. The third kappa shape index (κ3) is 15.7. The molecule has 7 rings (SSSR count). The average molecular weight is 1130 g/mol. The van der Waals surface area contributed by atoms with Crippen molar-refractivity contribution in [3.8, 4) is 11.1 Å².